The first-order valence-electron chi connectivity index (χ1n) is 8.62. The van der Waals surface area contributed by atoms with Gasteiger partial charge in [-0.15, -0.1) is 0 Å². The van der Waals surface area contributed by atoms with Gasteiger partial charge in [0.05, 0.1) is 0 Å². The molecule has 1 fully saturated rings. The van der Waals surface area contributed by atoms with Crippen molar-refractivity contribution >= 4 is 22.6 Å². The minimum atomic E-state index is -8.57. The largest absolute Gasteiger partial charge is 0.460 e. The van der Waals surface area contributed by atoms with Gasteiger partial charge in [0.25, 0.3) is 0 Å². The van der Waals surface area contributed by atoms with Crippen molar-refractivity contribution < 1.29 is 74.6 Å². The quantitative estimate of drug-likeness (QED) is 0.113. The van der Waals surface area contributed by atoms with E-state index >= 15 is 0 Å². The van der Waals surface area contributed by atoms with Crippen LogP contribution in [0.1, 0.15) is 32.1 Å². The maximum Gasteiger partial charge on any atom is 0.460 e. The van der Waals surface area contributed by atoms with Gasteiger partial charge in [-0.1, -0.05) is 41.9 Å². The average molecular weight is 642 g/mol. The van der Waals surface area contributed by atoms with Gasteiger partial charge in [0.15, 0.2) is 0 Å². The molecule has 0 nitrogen and oxygen atoms in total. The van der Waals surface area contributed by atoms with Crippen molar-refractivity contribution in [1.82, 2.24) is 0 Å². The molecule has 0 aromatic carbocycles. The number of alkyl halides is 18. The van der Waals surface area contributed by atoms with Crippen molar-refractivity contribution in [3.05, 3.63) is 0 Å². The number of rotatable bonds is 7. The first kappa shape index (κ1) is 30.6. The Morgan fingerprint density at radius 2 is 0.758 bits per heavy atom. The zero-order chi connectivity index (χ0) is 26.7. The van der Waals surface area contributed by atoms with Crippen LogP contribution in [0.2, 0.25) is 0 Å². The van der Waals surface area contributed by atoms with Crippen LogP contribution < -0.4 is 0 Å². The molecule has 198 valence electrons. The molecular weight excluding hydrogens is 630 g/mol. The maximum atomic E-state index is 14.3. The fraction of sp³-hybridized carbons (Fsp3) is 1.00. The molecule has 0 amide bonds. The molecule has 2 unspecified atom stereocenters. The molecule has 1 saturated carbocycles. The monoisotopic (exact) mass is 642 g/mol. The van der Waals surface area contributed by atoms with E-state index in [1.54, 1.807) is 0 Å². The molecule has 0 heterocycles. The van der Waals surface area contributed by atoms with Crippen molar-refractivity contribution in [2.75, 3.05) is 0 Å². The summed E-state index contributed by atoms with van der Waals surface area (Å²) in [6.07, 6.45) is -9.24. The van der Waals surface area contributed by atoms with Gasteiger partial charge >= 0.3 is 47.6 Å². The fourth-order valence-corrected chi connectivity index (χ4v) is 4.33. The minimum Gasteiger partial charge on any atom is -0.199 e. The Morgan fingerprint density at radius 1 is 0.424 bits per heavy atom. The second-order valence-electron chi connectivity index (χ2n) is 7.33. The van der Waals surface area contributed by atoms with E-state index in [1.165, 1.54) is 0 Å². The van der Waals surface area contributed by atoms with E-state index in [9.17, 15) is 74.6 Å². The van der Waals surface area contributed by atoms with Crippen LogP contribution in [0.5, 0.6) is 0 Å². The Kier molecular flexibility index (Phi) is 7.95. The Balaban J connectivity index is 3.62. The molecule has 0 aliphatic heterocycles. The minimum absolute atomic E-state index is 0.0924. The van der Waals surface area contributed by atoms with Crippen LogP contribution in [-0.2, 0) is 0 Å². The van der Waals surface area contributed by atoms with Crippen molar-refractivity contribution in [2.45, 2.75) is 83.7 Å². The Morgan fingerprint density at radius 3 is 1.15 bits per heavy atom. The molecule has 0 N–H and O–H groups in total. The van der Waals surface area contributed by atoms with Crippen molar-refractivity contribution in [1.29, 1.82) is 0 Å². The molecule has 0 aromatic heterocycles. The van der Waals surface area contributed by atoms with Crippen LogP contribution in [0.15, 0.2) is 0 Å². The van der Waals surface area contributed by atoms with Gasteiger partial charge in [-0.05, 0) is 12.8 Å². The highest BCUT2D eigenvalue weighted by atomic mass is 127. The van der Waals surface area contributed by atoms with Crippen LogP contribution in [0.3, 0.4) is 0 Å². The summed E-state index contributed by atoms with van der Waals surface area (Å²) in [6.45, 7) is 0. The van der Waals surface area contributed by atoms with Gasteiger partial charge in [-0.2, -0.15) is 74.6 Å². The van der Waals surface area contributed by atoms with Crippen molar-refractivity contribution in [2.24, 2.45) is 5.92 Å². The topological polar surface area (TPSA) is 0 Å². The van der Waals surface area contributed by atoms with Gasteiger partial charge < -0.3 is 0 Å². The third kappa shape index (κ3) is 4.24. The molecule has 0 saturated heterocycles. The van der Waals surface area contributed by atoms with Crippen LogP contribution in [-0.4, -0.2) is 51.6 Å². The van der Waals surface area contributed by atoms with E-state index < -0.39 is 63.9 Å². The molecule has 33 heavy (non-hydrogen) atoms. The van der Waals surface area contributed by atoms with Crippen molar-refractivity contribution in [3.8, 4) is 0 Å². The van der Waals surface area contributed by atoms with E-state index in [0.717, 1.165) is 22.6 Å². The third-order valence-corrected chi connectivity index (χ3v) is 6.63. The fourth-order valence-electron chi connectivity index (χ4n) is 3.08. The molecular formula is C15H12F17I. The first-order chi connectivity index (χ1) is 14.3. The highest BCUT2D eigenvalue weighted by Gasteiger charge is 2.95. The number of halogens is 18. The zero-order valence-electron chi connectivity index (χ0n) is 15.5. The lowest BCUT2D eigenvalue weighted by Crippen LogP contribution is -2.75. The van der Waals surface area contributed by atoms with Gasteiger partial charge in [0.1, 0.15) is 0 Å². The summed E-state index contributed by atoms with van der Waals surface area (Å²) in [5.74, 6) is -58.6. The summed E-state index contributed by atoms with van der Waals surface area (Å²) in [5.41, 5.74) is 0. The first-order valence-corrected chi connectivity index (χ1v) is 9.87. The standard InChI is InChI=1S/C15H12F17I/c16-8(17,6-4-2-1-3-5-7(6)33)9(18,19)10(20,21)11(22,23)12(24,25)13(26,27)14(28,29)15(30,31)32/h6-7H,1-5H2. The summed E-state index contributed by atoms with van der Waals surface area (Å²) in [5, 5.41) is 0. The highest BCUT2D eigenvalue weighted by molar-refractivity contribution is 14.1. The van der Waals surface area contributed by atoms with E-state index in [0.29, 0.717) is 0 Å². The Bertz CT molecular complexity index is 695. The molecule has 0 aromatic rings. The van der Waals surface area contributed by atoms with E-state index in [4.69, 9.17) is 0 Å². The van der Waals surface area contributed by atoms with Crippen LogP contribution >= 0.6 is 22.6 Å². The lowest BCUT2D eigenvalue weighted by molar-refractivity contribution is -0.463. The van der Waals surface area contributed by atoms with E-state index in [-0.39, 0.29) is 25.7 Å². The van der Waals surface area contributed by atoms with Gasteiger partial charge in [0.2, 0.25) is 0 Å². The molecule has 0 spiro atoms. The molecule has 0 bridgehead atoms. The van der Waals surface area contributed by atoms with Gasteiger partial charge in [-0.25, -0.2) is 0 Å². The predicted octanol–water partition coefficient (Wildman–Crippen LogP) is 8.38. The lowest BCUT2D eigenvalue weighted by Gasteiger charge is -2.44. The molecule has 1 aliphatic carbocycles. The average Bonchev–Trinajstić information content (AvgIpc) is 2.84. The highest BCUT2D eigenvalue weighted by Crippen LogP contribution is 2.65. The number of hydrogen-bond acceptors (Lipinski definition) is 0. The third-order valence-electron chi connectivity index (χ3n) is 5.14. The van der Waals surface area contributed by atoms with Gasteiger partial charge in [0, 0.05) is 9.84 Å². The maximum absolute atomic E-state index is 14.3. The molecule has 1 aliphatic rings. The second-order valence-corrected chi connectivity index (χ2v) is 8.93. The smallest absolute Gasteiger partial charge is 0.199 e. The summed E-state index contributed by atoms with van der Waals surface area (Å²) in [4.78, 5) is 0. The predicted molar refractivity (Wildman–Crippen MR) is 85.1 cm³/mol. The summed E-state index contributed by atoms with van der Waals surface area (Å²) in [6, 6.07) is 0. The van der Waals surface area contributed by atoms with Crippen molar-refractivity contribution in [3.63, 3.8) is 0 Å². The van der Waals surface area contributed by atoms with Crippen LogP contribution in [0.4, 0.5) is 74.6 Å². The summed E-state index contributed by atoms with van der Waals surface area (Å²) in [7, 11) is 0. The molecule has 1 rings (SSSR count). The van der Waals surface area contributed by atoms with Crippen LogP contribution in [0.25, 0.3) is 0 Å². The Labute approximate surface area is 187 Å². The van der Waals surface area contributed by atoms with Crippen LogP contribution in [0, 0.1) is 5.92 Å². The Hall–Kier alpha value is -0.460. The molecule has 0 radical (unpaired) electrons. The zero-order valence-corrected chi connectivity index (χ0v) is 17.7. The van der Waals surface area contributed by atoms with E-state index in [2.05, 4.69) is 0 Å². The summed E-state index contributed by atoms with van der Waals surface area (Å²) < 4.78 is 225. The molecule has 2 atom stereocenters. The number of hydrogen-bond donors (Lipinski definition) is 0. The van der Waals surface area contributed by atoms with E-state index in [1.807, 2.05) is 0 Å². The summed E-state index contributed by atoms with van der Waals surface area (Å²) >= 11 is 1.07. The lowest BCUT2D eigenvalue weighted by atomic mass is 9.82. The second kappa shape index (κ2) is 8.58. The molecule has 18 heteroatoms. The normalized spacial score (nSPS) is 23.5. The SMILES string of the molecule is FC(F)(F)C(F)(F)C(F)(F)C(F)(F)C(F)(F)C(F)(F)C(F)(F)C(F)(F)C1CCCCCC1I. The van der Waals surface area contributed by atoms with Gasteiger partial charge in [-0.3, -0.25) is 0 Å².